The number of rotatable bonds is 2. The minimum absolute atomic E-state index is 0.441. The minimum Gasteiger partial charge on any atom is -0.243 e. The van der Waals surface area contributed by atoms with Crippen LogP contribution in [0.1, 0.15) is 20.3 Å². The van der Waals surface area contributed by atoms with Crippen LogP contribution in [0.15, 0.2) is 0 Å². The fraction of sp³-hybridized carbons (Fsp3) is 1.00. The first-order valence-corrected chi connectivity index (χ1v) is 3.49. The van der Waals surface area contributed by atoms with Gasteiger partial charge < -0.3 is 0 Å². The monoisotopic (exact) mass is 168 g/mol. The van der Waals surface area contributed by atoms with Crippen molar-refractivity contribution in [2.24, 2.45) is 0 Å². The smallest absolute Gasteiger partial charge is 0.117 e. The molecule has 0 saturated carbocycles. The normalized spacial score (nSPS) is 18.9. The summed E-state index contributed by atoms with van der Waals surface area (Å²) in [4.78, 5) is 0. The second kappa shape index (κ2) is 2.65. The summed E-state index contributed by atoms with van der Waals surface area (Å²) in [7, 11) is 0. The van der Waals surface area contributed by atoms with Gasteiger partial charge in [-0.15, -0.1) is 0 Å². The molecule has 7 heavy (non-hydrogen) atoms. The first-order valence-electron chi connectivity index (χ1n) is 2.37. The van der Waals surface area contributed by atoms with E-state index in [1.165, 1.54) is 0 Å². The lowest BCUT2D eigenvalue weighted by Crippen LogP contribution is -2.17. The van der Waals surface area contributed by atoms with Gasteiger partial charge in [-0.05, 0) is 13.3 Å². The van der Waals surface area contributed by atoms with Crippen LogP contribution in [0.3, 0.4) is 0 Å². The first-order chi connectivity index (χ1) is 3.12. The maximum Gasteiger partial charge on any atom is 0.117 e. The zero-order valence-corrected chi connectivity index (χ0v) is 6.26. The Labute approximate surface area is 52.2 Å². The molecule has 0 spiro atoms. The molecule has 0 aromatic heterocycles. The maximum absolute atomic E-state index is 12.5. The Hall–Kier alpha value is 0.410. The van der Waals surface area contributed by atoms with E-state index >= 15 is 0 Å². The number of halogens is 2. The summed E-state index contributed by atoms with van der Waals surface area (Å²) in [5.74, 6) is 0. The highest BCUT2D eigenvalue weighted by molar-refractivity contribution is 9.09. The van der Waals surface area contributed by atoms with Crippen molar-refractivity contribution in [3.05, 3.63) is 0 Å². The van der Waals surface area contributed by atoms with Crippen LogP contribution in [0, 0.1) is 0 Å². The lowest BCUT2D eigenvalue weighted by atomic mass is 10.1. The van der Waals surface area contributed by atoms with Gasteiger partial charge in [0.1, 0.15) is 5.67 Å². The molecule has 0 nitrogen and oxygen atoms in total. The van der Waals surface area contributed by atoms with E-state index in [1.54, 1.807) is 6.92 Å². The number of hydrogen-bond acceptors (Lipinski definition) is 0. The van der Waals surface area contributed by atoms with Gasteiger partial charge in [-0.25, -0.2) is 4.39 Å². The van der Waals surface area contributed by atoms with Crippen molar-refractivity contribution in [1.29, 1.82) is 0 Å². The topological polar surface area (TPSA) is 0 Å². The molecule has 0 rings (SSSR count). The standard InChI is InChI=1S/C5H10BrF/c1-3-5(2,7)4-6/h3-4H2,1-2H3/t5-/m1/s1. The fourth-order valence-electron chi connectivity index (χ4n) is 0.0945. The van der Waals surface area contributed by atoms with Crippen molar-refractivity contribution in [2.75, 3.05) is 5.33 Å². The van der Waals surface area contributed by atoms with E-state index in [1.807, 2.05) is 6.92 Å². The first kappa shape index (κ1) is 7.41. The predicted octanol–water partition coefficient (Wildman–Crippen LogP) is 2.52. The van der Waals surface area contributed by atoms with Crippen molar-refractivity contribution >= 4 is 15.9 Å². The summed E-state index contributed by atoms with van der Waals surface area (Å²) in [6.45, 7) is 3.42. The van der Waals surface area contributed by atoms with E-state index in [4.69, 9.17) is 0 Å². The molecule has 0 saturated heterocycles. The van der Waals surface area contributed by atoms with Gasteiger partial charge in [0, 0.05) is 5.33 Å². The summed E-state index contributed by atoms with van der Waals surface area (Å²) in [5.41, 5.74) is -1.00. The van der Waals surface area contributed by atoms with Crippen LogP contribution >= 0.6 is 15.9 Å². The average molecular weight is 169 g/mol. The Morgan fingerprint density at radius 2 is 2.14 bits per heavy atom. The van der Waals surface area contributed by atoms with Crippen molar-refractivity contribution in [3.8, 4) is 0 Å². The SMILES string of the molecule is CC[C@@](C)(F)CBr. The Morgan fingerprint density at radius 1 is 1.71 bits per heavy atom. The Balaban J connectivity index is 3.36. The molecule has 0 aliphatic heterocycles. The Bertz CT molecular complexity index is 46.0. The molecule has 0 aliphatic carbocycles. The molecule has 1 atom stereocenters. The summed E-state index contributed by atoms with van der Waals surface area (Å²) < 4.78 is 12.5. The van der Waals surface area contributed by atoms with Crippen LogP contribution in [-0.4, -0.2) is 11.0 Å². The number of alkyl halides is 2. The van der Waals surface area contributed by atoms with Crippen LogP contribution < -0.4 is 0 Å². The molecular formula is C5H10BrF. The second-order valence-corrected chi connectivity index (χ2v) is 2.46. The largest absolute Gasteiger partial charge is 0.243 e. The zero-order chi connectivity index (χ0) is 5.91. The van der Waals surface area contributed by atoms with E-state index in [0.717, 1.165) is 0 Å². The van der Waals surface area contributed by atoms with Crippen LogP contribution in [0.5, 0.6) is 0 Å². The molecule has 0 heterocycles. The molecule has 0 unspecified atom stereocenters. The number of hydrogen-bond donors (Lipinski definition) is 0. The average Bonchev–Trinajstić information content (AvgIpc) is 1.68. The van der Waals surface area contributed by atoms with Gasteiger partial charge in [0.05, 0.1) is 0 Å². The van der Waals surface area contributed by atoms with Crippen LogP contribution in [-0.2, 0) is 0 Å². The third-order valence-corrected chi connectivity index (χ3v) is 2.18. The van der Waals surface area contributed by atoms with E-state index in [0.29, 0.717) is 11.8 Å². The van der Waals surface area contributed by atoms with E-state index < -0.39 is 5.67 Å². The summed E-state index contributed by atoms with van der Waals surface area (Å²) in [6, 6.07) is 0. The molecule has 44 valence electrons. The highest BCUT2D eigenvalue weighted by atomic mass is 79.9. The van der Waals surface area contributed by atoms with Crippen molar-refractivity contribution in [3.63, 3.8) is 0 Å². The van der Waals surface area contributed by atoms with E-state index in [2.05, 4.69) is 15.9 Å². The maximum atomic E-state index is 12.5. The molecule has 0 radical (unpaired) electrons. The highest BCUT2D eigenvalue weighted by Gasteiger charge is 2.16. The Morgan fingerprint density at radius 3 is 2.14 bits per heavy atom. The molecule has 0 aromatic rings. The summed E-state index contributed by atoms with van der Waals surface area (Å²) in [6.07, 6.45) is 0.582. The quantitative estimate of drug-likeness (QED) is 0.557. The molecule has 2 heteroatoms. The molecule has 0 bridgehead atoms. The molecular weight excluding hydrogens is 159 g/mol. The molecule has 0 aliphatic rings. The van der Waals surface area contributed by atoms with Crippen molar-refractivity contribution in [1.82, 2.24) is 0 Å². The van der Waals surface area contributed by atoms with Crippen LogP contribution in [0.4, 0.5) is 4.39 Å². The molecule has 0 aromatic carbocycles. The van der Waals surface area contributed by atoms with E-state index in [9.17, 15) is 4.39 Å². The lowest BCUT2D eigenvalue weighted by molar-refractivity contribution is 0.218. The lowest BCUT2D eigenvalue weighted by Gasteiger charge is -2.12. The predicted molar refractivity (Wildman–Crippen MR) is 33.6 cm³/mol. The van der Waals surface area contributed by atoms with Crippen molar-refractivity contribution in [2.45, 2.75) is 25.9 Å². The van der Waals surface area contributed by atoms with Crippen LogP contribution in [0.2, 0.25) is 0 Å². The van der Waals surface area contributed by atoms with Gasteiger partial charge in [0.2, 0.25) is 0 Å². The van der Waals surface area contributed by atoms with E-state index in [-0.39, 0.29) is 0 Å². The van der Waals surface area contributed by atoms with Crippen LogP contribution in [0.25, 0.3) is 0 Å². The third kappa shape index (κ3) is 3.03. The highest BCUT2D eigenvalue weighted by Crippen LogP contribution is 2.16. The van der Waals surface area contributed by atoms with Gasteiger partial charge in [0.25, 0.3) is 0 Å². The summed E-state index contributed by atoms with van der Waals surface area (Å²) in [5, 5.41) is 0.441. The van der Waals surface area contributed by atoms with Gasteiger partial charge >= 0.3 is 0 Å². The zero-order valence-electron chi connectivity index (χ0n) is 4.67. The molecule has 0 amide bonds. The fourth-order valence-corrected chi connectivity index (χ4v) is 0.491. The second-order valence-electron chi connectivity index (χ2n) is 1.90. The van der Waals surface area contributed by atoms with Gasteiger partial charge in [-0.1, -0.05) is 22.9 Å². The molecule has 0 N–H and O–H groups in total. The van der Waals surface area contributed by atoms with Gasteiger partial charge in [-0.3, -0.25) is 0 Å². The van der Waals surface area contributed by atoms with Gasteiger partial charge in [0.15, 0.2) is 0 Å². The summed E-state index contributed by atoms with van der Waals surface area (Å²) >= 11 is 3.06. The molecule has 0 fully saturated rings. The minimum atomic E-state index is -1.00. The van der Waals surface area contributed by atoms with Gasteiger partial charge in [-0.2, -0.15) is 0 Å². The third-order valence-electron chi connectivity index (χ3n) is 1.02. The van der Waals surface area contributed by atoms with Crippen molar-refractivity contribution < 1.29 is 4.39 Å². The Kier molecular flexibility index (Phi) is 2.81.